The summed E-state index contributed by atoms with van der Waals surface area (Å²) in [6.07, 6.45) is 19.3. The van der Waals surface area contributed by atoms with E-state index in [-0.39, 0.29) is 23.1 Å². The third-order valence-corrected chi connectivity index (χ3v) is 12.8. The molecule has 0 atom stereocenters. The Kier molecular flexibility index (Phi) is 13.9. The first-order valence-electron chi connectivity index (χ1n) is 15.5. The van der Waals surface area contributed by atoms with E-state index in [1.807, 2.05) is 6.08 Å². The molecule has 0 heterocycles. The largest absolute Gasteiger partial charge is 0.489 e. The zero-order valence-corrected chi connectivity index (χ0v) is 27.3. The molecule has 0 saturated heterocycles. The van der Waals surface area contributed by atoms with Crippen molar-refractivity contribution in [3.05, 3.63) is 120 Å². The van der Waals surface area contributed by atoms with E-state index in [9.17, 15) is 9.59 Å². The third kappa shape index (κ3) is 8.33. The van der Waals surface area contributed by atoms with Gasteiger partial charge in [0.2, 0.25) is 23.1 Å². The molecule has 0 unspecified atom stereocenters. The molecule has 0 bridgehead atoms. The van der Waals surface area contributed by atoms with Crippen LogP contribution in [-0.2, 0) is 19.1 Å². The maximum absolute atomic E-state index is 12.8. The summed E-state index contributed by atoms with van der Waals surface area (Å²) in [5.74, 6) is -0.438. The number of Topliss-reactive ketones (excluding diaryl/α,β-unsaturated/α-hetero) is 2. The Morgan fingerprint density at radius 1 is 0.744 bits per heavy atom. The molecule has 0 saturated carbocycles. The van der Waals surface area contributed by atoms with Crippen molar-refractivity contribution in [2.75, 3.05) is 20.4 Å². The van der Waals surface area contributed by atoms with Crippen LogP contribution in [-0.4, -0.2) is 31.9 Å². The quantitative estimate of drug-likeness (QED) is 0.0744. The van der Waals surface area contributed by atoms with Crippen molar-refractivity contribution in [2.45, 2.75) is 71.6 Å². The lowest BCUT2D eigenvalue weighted by molar-refractivity contribution is -0.121. The van der Waals surface area contributed by atoms with E-state index in [1.54, 1.807) is 6.92 Å². The van der Waals surface area contributed by atoms with E-state index in [2.05, 4.69) is 92.4 Å². The van der Waals surface area contributed by atoms with Crippen LogP contribution >= 0.6 is 7.26 Å². The lowest BCUT2D eigenvalue weighted by Crippen LogP contribution is -2.26. The van der Waals surface area contributed by atoms with Gasteiger partial charge >= 0.3 is 0 Å². The number of benzene rings is 2. The minimum atomic E-state index is -1.83. The number of allylic oxidation sites excluding steroid dienone is 7. The van der Waals surface area contributed by atoms with Crippen LogP contribution in [0.4, 0.5) is 0 Å². The van der Waals surface area contributed by atoms with E-state index < -0.39 is 7.26 Å². The van der Waals surface area contributed by atoms with Crippen molar-refractivity contribution in [3.8, 4) is 0 Å². The zero-order chi connectivity index (χ0) is 31.1. The van der Waals surface area contributed by atoms with E-state index in [0.717, 1.165) is 25.4 Å². The Bertz CT molecular complexity index is 1310. The molecule has 1 aliphatic carbocycles. The standard InChI is InChI=1S/C38H48O4P/c1-6-22-31(23-7-2)43(32-24-16-14-17-25-32,33-26-18-15-19-27-33)29-21-13-11-9-8-10-12-20-28-34-30(3)35(39)37(41-4)38(42-5)36(34)40/h6-7,14-19,22-27H,1,8-13,20-21,28-29H2,2-5H3/q+1/b23-7-,31-22+. The van der Waals surface area contributed by atoms with Gasteiger partial charge in [0.05, 0.1) is 20.4 Å². The summed E-state index contributed by atoms with van der Waals surface area (Å²) in [4.78, 5) is 25.4. The first-order valence-corrected chi connectivity index (χ1v) is 17.5. The van der Waals surface area contributed by atoms with Crippen molar-refractivity contribution in [1.82, 2.24) is 0 Å². The van der Waals surface area contributed by atoms with Gasteiger partial charge in [-0.25, -0.2) is 0 Å². The summed E-state index contributed by atoms with van der Waals surface area (Å²) >= 11 is 0. The smallest absolute Gasteiger partial charge is 0.228 e. The van der Waals surface area contributed by atoms with Gasteiger partial charge < -0.3 is 9.47 Å². The topological polar surface area (TPSA) is 52.6 Å². The van der Waals surface area contributed by atoms with Crippen molar-refractivity contribution < 1.29 is 19.1 Å². The monoisotopic (exact) mass is 599 g/mol. The number of carbonyl (C=O) groups excluding carboxylic acids is 2. The molecule has 0 amide bonds. The summed E-state index contributed by atoms with van der Waals surface area (Å²) in [5.41, 5.74) is 1.04. The Labute approximate surface area is 259 Å². The molecule has 0 aromatic heterocycles. The first-order chi connectivity index (χ1) is 21.0. The number of methoxy groups -OCH3 is 2. The molecule has 0 N–H and O–H groups in total. The fourth-order valence-corrected chi connectivity index (χ4v) is 10.5. The number of ketones is 2. The third-order valence-electron chi connectivity index (χ3n) is 8.23. The fourth-order valence-electron chi connectivity index (χ4n) is 6.01. The highest BCUT2D eigenvalue weighted by Gasteiger charge is 2.45. The summed E-state index contributed by atoms with van der Waals surface area (Å²) in [7, 11) is 0.969. The number of hydrogen-bond donors (Lipinski definition) is 0. The predicted octanol–water partition coefficient (Wildman–Crippen LogP) is 8.78. The van der Waals surface area contributed by atoms with Gasteiger partial charge in [-0.15, -0.1) is 0 Å². The second-order valence-electron chi connectivity index (χ2n) is 10.9. The Balaban J connectivity index is 1.54. The first kappa shape index (κ1) is 34.0. The minimum Gasteiger partial charge on any atom is -0.489 e. The van der Waals surface area contributed by atoms with Crippen molar-refractivity contribution >= 4 is 29.4 Å². The summed E-state index contributed by atoms with van der Waals surface area (Å²) < 4.78 is 10.3. The van der Waals surface area contributed by atoms with Crippen LogP contribution in [0.3, 0.4) is 0 Å². The molecule has 0 aliphatic heterocycles. The highest BCUT2D eigenvalue weighted by atomic mass is 31.2. The summed E-state index contributed by atoms with van der Waals surface area (Å²) in [5, 5.41) is 4.21. The van der Waals surface area contributed by atoms with Crippen LogP contribution in [0.2, 0.25) is 0 Å². The molecule has 0 spiro atoms. The number of rotatable bonds is 18. The van der Waals surface area contributed by atoms with Gasteiger partial charge in [0.1, 0.15) is 23.2 Å². The van der Waals surface area contributed by atoms with Gasteiger partial charge in [-0.1, -0.05) is 87.2 Å². The summed E-state index contributed by atoms with van der Waals surface area (Å²) in [6, 6.07) is 22.1. The van der Waals surface area contributed by atoms with Crippen LogP contribution in [0.15, 0.2) is 120 Å². The number of carbonyl (C=O) groups is 2. The average molecular weight is 600 g/mol. The van der Waals surface area contributed by atoms with E-state index in [0.29, 0.717) is 17.6 Å². The molecule has 0 radical (unpaired) electrons. The van der Waals surface area contributed by atoms with Crippen LogP contribution in [0.5, 0.6) is 0 Å². The van der Waals surface area contributed by atoms with Crippen LogP contribution in [0.25, 0.3) is 0 Å². The fraction of sp³-hybridized carbons (Fsp3) is 0.368. The Morgan fingerprint density at radius 3 is 1.72 bits per heavy atom. The molecule has 4 nitrogen and oxygen atoms in total. The Morgan fingerprint density at radius 2 is 1.23 bits per heavy atom. The maximum atomic E-state index is 12.8. The maximum Gasteiger partial charge on any atom is 0.228 e. The second-order valence-corrected chi connectivity index (χ2v) is 14.6. The molecule has 1 aliphatic rings. The molecule has 5 heteroatoms. The zero-order valence-electron chi connectivity index (χ0n) is 26.4. The highest BCUT2D eigenvalue weighted by molar-refractivity contribution is 7.93. The number of hydrogen-bond acceptors (Lipinski definition) is 4. The molecule has 3 rings (SSSR count). The number of ether oxygens (including phenoxy) is 2. The van der Waals surface area contributed by atoms with Gasteiger partial charge in [-0.3, -0.25) is 9.59 Å². The lowest BCUT2D eigenvalue weighted by Gasteiger charge is -2.28. The van der Waals surface area contributed by atoms with Gasteiger partial charge in [0.15, 0.2) is 0 Å². The molecule has 228 valence electrons. The normalized spacial score (nSPS) is 14.6. The van der Waals surface area contributed by atoms with E-state index >= 15 is 0 Å². The minimum absolute atomic E-state index is 0.00967. The SMILES string of the molecule is C=C/C=C(\C=C/C)[P+](CCCCCCCCCCC1=C(C)C(=O)C(OC)=C(OC)C1=O)(c1ccccc1)c1ccccc1. The molecular formula is C38H48O4P+. The van der Waals surface area contributed by atoms with Crippen LogP contribution in [0.1, 0.15) is 71.6 Å². The van der Waals surface area contributed by atoms with Gasteiger partial charge in [-0.2, -0.15) is 0 Å². The second kappa shape index (κ2) is 17.6. The van der Waals surface area contributed by atoms with Crippen molar-refractivity contribution in [2.24, 2.45) is 0 Å². The summed E-state index contributed by atoms with van der Waals surface area (Å²) in [6.45, 7) is 7.85. The molecule has 2 aromatic rings. The van der Waals surface area contributed by atoms with E-state index in [4.69, 9.17) is 9.47 Å². The van der Waals surface area contributed by atoms with E-state index in [1.165, 1.54) is 62.2 Å². The molecule has 43 heavy (non-hydrogen) atoms. The van der Waals surface area contributed by atoms with Crippen LogP contribution in [0, 0.1) is 0 Å². The predicted molar refractivity (Wildman–Crippen MR) is 182 cm³/mol. The number of unbranched alkanes of at least 4 members (excludes halogenated alkanes) is 7. The van der Waals surface area contributed by atoms with Gasteiger partial charge in [0.25, 0.3) is 0 Å². The molecule has 0 fully saturated rings. The van der Waals surface area contributed by atoms with Crippen LogP contribution < -0.4 is 10.6 Å². The van der Waals surface area contributed by atoms with Gasteiger partial charge in [0, 0.05) is 11.1 Å². The Hall–Kier alpha value is -3.49. The highest BCUT2D eigenvalue weighted by Crippen LogP contribution is 2.64. The van der Waals surface area contributed by atoms with Crippen molar-refractivity contribution in [1.29, 1.82) is 0 Å². The lowest BCUT2D eigenvalue weighted by atomic mass is 9.89. The van der Waals surface area contributed by atoms with Crippen molar-refractivity contribution in [3.63, 3.8) is 0 Å². The molecular weight excluding hydrogens is 551 g/mol. The molecule has 2 aromatic carbocycles. The van der Waals surface area contributed by atoms with Gasteiger partial charge in [-0.05, 0) is 75.9 Å². The average Bonchev–Trinajstić information content (AvgIpc) is 3.04.